The standard InChI is InChI=1S/C24H23FN6OS/c1-13(2)18-11-27-33-23(18)20-5-4-6-22(28-20)29-24(32)17-10-16(14(3)9-19(17)25)21-12-26-31(30-21)15-7-8-15/h4-6,9-13,15H,7-8H2,1-3H3,(H,28,29,32). The molecular formula is C24H23FN6OS. The molecule has 168 valence electrons. The number of halogens is 1. The molecule has 0 aliphatic heterocycles. The average molecular weight is 463 g/mol. The maximum atomic E-state index is 14.8. The summed E-state index contributed by atoms with van der Waals surface area (Å²) in [6.45, 7) is 5.99. The predicted molar refractivity (Wildman–Crippen MR) is 126 cm³/mol. The fraction of sp³-hybridized carbons (Fsp3) is 0.292. The van der Waals surface area contributed by atoms with Gasteiger partial charge < -0.3 is 5.32 Å². The summed E-state index contributed by atoms with van der Waals surface area (Å²) in [4.78, 5) is 20.2. The highest BCUT2D eigenvalue weighted by atomic mass is 32.1. The van der Waals surface area contributed by atoms with E-state index in [1.807, 2.05) is 18.3 Å². The molecule has 0 radical (unpaired) electrons. The van der Waals surface area contributed by atoms with Crippen molar-refractivity contribution in [2.24, 2.45) is 0 Å². The monoisotopic (exact) mass is 462 g/mol. The van der Waals surface area contributed by atoms with Crippen molar-refractivity contribution in [3.8, 4) is 21.8 Å². The van der Waals surface area contributed by atoms with Crippen LogP contribution in [0.3, 0.4) is 0 Å². The number of nitrogens with zero attached hydrogens (tertiary/aromatic N) is 5. The molecule has 9 heteroatoms. The molecule has 0 atom stereocenters. The molecule has 1 saturated carbocycles. The fourth-order valence-electron chi connectivity index (χ4n) is 3.67. The summed E-state index contributed by atoms with van der Waals surface area (Å²) in [5.41, 5.74) is 3.76. The third-order valence-corrected chi connectivity index (χ3v) is 6.50. The molecule has 33 heavy (non-hydrogen) atoms. The number of amides is 1. The Bertz CT molecular complexity index is 1340. The molecule has 1 N–H and O–H groups in total. The maximum Gasteiger partial charge on any atom is 0.259 e. The number of hydrogen-bond acceptors (Lipinski definition) is 6. The second-order valence-electron chi connectivity index (χ2n) is 8.56. The van der Waals surface area contributed by atoms with Crippen LogP contribution in [-0.4, -0.2) is 30.3 Å². The van der Waals surface area contributed by atoms with Gasteiger partial charge in [-0.2, -0.15) is 15.0 Å². The number of rotatable bonds is 6. The SMILES string of the molecule is Cc1cc(F)c(C(=O)Nc2cccc(-c3sncc3C(C)C)n2)cc1-c1cnn(C2CC2)n1. The molecule has 4 aromatic rings. The Morgan fingerprint density at radius 1 is 1.21 bits per heavy atom. The molecule has 0 saturated heterocycles. The van der Waals surface area contributed by atoms with E-state index in [9.17, 15) is 9.18 Å². The van der Waals surface area contributed by atoms with Crippen LogP contribution in [0.15, 0.2) is 42.7 Å². The van der Waals surface area contributed by atoms with E-state index in [-0.39, 0.29) is 5.56 Å². The summed E-state index contributed by atoms with van der Waals surface area (Å²) in [5, 5.41) is 11.6. The molecule has 1 aliphatic rings. The first-order valence-corrected chi connectivity index (χ1v) is 11.6. The van der Waals surface area contributed by atoms with Crippen molar-refractivity contribution >= 4 is 23.3 Å². The van der Waals surface area contributed by atoms with Crippen molar-refractivity contribution in [2.45, 2.75) is 45.6 Å². The number of aromatic nitrogens is 5. The molecule has 5 rings (SSSR count). The summed E-state index contributed by atoms with van der Waals surface area (Å²) in [7, 11) is 0. The van der Waals surface area contributed by atoms with E-state index in [0.717, 1.165) is 29.0 Å². The first-order valence-electron chi connectivity index (χ1n) is 10.9. The van der Waals surface area contributed by atoms with Crippen molar-refractivity contribution in [2.75, 3.05) is 5.32 Å². The Morgan fingerprint density at radius 3 is 2.79 bits per heavy atom. The molecule has 1 fully saturated rings. The van der Waals surface area contributed by atoms with Gasteiger partial charge in [-0.1, -0.05) is 19.9 Å². The zero-order chi connectivity index (χ0) is 23.1. The quantitative estimate of drug-likeness (QED) is 0.402. The molecule has 3 aromatic heterocycles. The molecule has 7 nitrogen and oxygen atoms in total. The number of benzene rings is 1. The molecular weight excluding hydrogens is 439 g/mol. The van der Waals surface area contributed by atoms with Gasteiger partial charge in [0.25, 0.3) is 5.91 Å². The van der Waals surface area contributed by atoms with Gasteiger partial charge in [0.15, 0.2) is 0 Å². The van der Waals surface area contributed by atoms with Crippen molar-refractivity contribution < 1.29 is 9.18 Å². The summed E-state index contributed by atoms with van der Waals surface area (Å²) >= 11 is 1.37. The number of carbonyl (C=O) groups is 1. The average Bonchev–Trinajstić information content (AvgIpc) is 3.31. The van der Waals surface area contributed by atoms with Crippen LogP contribution in [0.4, 0.5) is 10.2 Å². The lowest BCUT2D eigenvalue weighted by Gasteiger charge is -2.10. The van der Waals surface area contributed by atoms with Gasteiger partial charge in [-0.15, -0.1) is 0 Å². The van der Waals surface area contributed by atoms with Gasteiger partial charge in [0.1, 0.15) is 17.3 Å². The third kappa shape index (κ3) is 4.28. The number of aryl methyl sites for hydroxylation is 1. The smallest absolute Gasteiger partial charge is 0.259 e. The lowest BCUT2D eigenvalue weighted by Crippen LogP contribution is -2.15. The highest BCUT2D eigenvalue weighted by Gasteiger charge is 2.26. The van der Waals surface area contributed by atoms with Crippen LogP contribution < -0.4 is 5.32 Å². The third-order valence-electron chi connectivity index (χ3n) is 5.66. The lowest BCUT2D eigenvalue weighted by molar-refractivity contribution is 0.102. The highest BCUT2D eigenvalue weighted by molar-refractivity contribution is 7.09. The fourth-order valence-corrected chi connectivity index (χ4v) is 4.54. The Morgan fingerprint density at radius 2 is 2.03 bits per heavy atom. The number of nitrogens with one attached hydrogen (secondary N) is 1. The zero-order valence-corrected chi connectivity index (χ0v) is 19.4. The normalized spacial score (nSPS) is 13.5. The minimum atomic E-state index is -0.593. The van der Waals surface area contributed by atoms with Crippen LogP contribution in [0.5, 0.6) is 0 Å². The molecule has 1 aromatic carbocycles. The molecule has 1 aliphatic carbocycles. The van der Waals surface area contributed by atoms with E-state index in [1.54, 1.807) is 24.0 Å². The van der Waals surface area contributed by atoms with Gasteiger partial charge in [-0.05, 0) is 72.6 Å². The number of hydrogen-bond donors (Lipinski definition) is 1. The van der Waals surface area contributed by atoms with Gasteiger partial charge in [-0.25, -0.2) is 13.7 Å². The summed E-state index contributed by atoms with van der Waals surface area (Å²) in [5.74, 6) is -0.510. The van der Waals surface area contributed by atoms with E-state index in [1.165, 1.54) is 23.7 Å². The van der Waals surface area contributed by atoms with E-state index < -0.39 is 11.7 Å². The Balaban J connectivity index is 1.42. The highest BCUT2D eigenvalue weighted by Crippen LogP contribution is 2.35. The van der Waals surface area contributed by atoms with Gasteiger partial charge in [0.05, 0.1) is 28.4 Å². The summed E-state index contributed by atoms with van der Waals surface area (Å²) in [6, 6.07) is 8.61. The molecule has 0 spiro atoms. The van der Waals surface area contributed by atoms with E-state index >= 15 is 0 Å². The van der Waals surface area contributed by atoms with E-state index in [0.29, 0.717) is 34.6 Å². The minimum absolute atomic E-state index is 0.0653. The second kappa shape index (κ2) is 8.47. The van der Waals surface area contributed by atoms with Crippen molar-refractivity contribution in [3.63, 3.8) is 0 Å². The first kappa shape index (κ1) is 21.4. The molecule has 0 bridgehead atoms. The topological polar surface area (TPSA) is 85.6 Å². The van der Waals surface area contributed by atoms with Crippen LogP contribution in [-0.2, 0) is 0 Å². The molecule has 3 heterocycles. The van der Waals surface area contributed by atoms with Gasteiger partial charge in [0.2, 0.25) is 0 Å². The second-order valence-corrected chi connectivity index (χ2v) is 9.36. The first-order chi connectivity index (χ1) is 15.9. The van der Waals surface area contributed by atoms with Crippen molar-refractivity contribution in [1.29, 1.82) is 0 Å². The van der Waals surface area contributed by atoms with E-state index in [2.05, 4.69) is 38.7 Å². The van der Waals surface area contributed by atoms with Crippen molar-refractivity contribution in [1.82, 2.24) is 24.4 Å². The summed E-state index contributed by atoms with van der Waals surface area (Å²) < 4.78 is 19.0. The number of anilines is 1. The van der Waals surface area contributed by atoms with Gasteiger partial charge in [0, 0.05) is 11.8 Å². The van der Waals surface area contributed by atoms with Crippen LogP contribution >= 0.6 is 11.5 Å². The van der Waals surface area contributed by atoms with Crippen LogP contribution in [0.1, 0.15) is 60.1 Å². The Kier molecular flexibility index (Phi) is 5.49. The molecule has 0 unspecified atom stereocenters. The predicted octanol–water partition coefficient (Wildman–Crippen LogP) is 5.62. The van der Waals surface area contributed by atoms with Gasteiger partial charge >= 0.3 is 0 Å². The van der Waals surface area contributed by atoms with Crippen LogP contribution in [0.2, 0.25) is 0 Å². The van der Waals surface area contributed by atoms with Crippen LogP contribution in [0.25, 0.3) is 21.8 Å². The largest absolute Gasteiger partial charge is 0.306 e. The zero-order valence-electron chi connectivity index (χ0n) is 18.5. The minimum Gasteiger partial charge on any atom is -0.306 e. The Labute approximate surface area is 194 Å². The van der Waals surface area contributed by atoms with E-state index in [4.69, 9.17) is 0 Å². The Hall–Kier alpha value is -3.46. The molecule has 1 amide bonds. The number of carbonyl (C=O) groups excluding carboxylic acids is 1. The van der Waals surface area contributed by atoms with Crippen LogP contribution in [0, 0.1) is 12.7 Å². The number of pyridine rings is 1. The lowest BCUT2D eigenvalue weighted by atomic mass is 10.0. The van der Waals surface area contributed by atoms with Crippen molar-refractivity contribution in [3.05, 3.63) is 65.2 Å². The summed E-state index contributed by atoms with van der Waals surface area (Å²) in [6.07, 6.45) is 5.64. The maximum absolute atomic E-state index is 14.8. The van der Waals surface area contributed by atoms with Gasteiger partial charge in [-0.3, -0.25) is 4.79 Å².